The van der Waals surface area contributed by atoms with E-state index in [1.54, 1.807) is 0 Å². The van der Waals surface area contributed by atoms with E-state index >= 15 is 0 Å². The lowest BCUT2D eigenvalue weighted by Gasteiger charge is -2.25. The van der Waals surface area contributed by atoms with Gasteiger partial charge in [0.25, 0.3) is 27.3 Å². The standard InChI is InChI=1S/C23H20ClN5O8S/c1-15-3-9-19(12-20(15)29(33)34)38(35,36)27(21-11-17(24)6-10-22(21)37-2)14-23(30)26-25-13-16-4-7-18(8-5-16)28(31)32/h3-13H,14H2,1-2H3,(H,26,30)/b25-13-. The highest BCUT2D eigenvalue weighted by Crippen LogP contribution is 2.35. The molecule has 0 radical (unpaired) electrons. The largest absolute Gasteiger partial charge is 0.495 e. The van der Waals surface area contributed by atoms with Crippen LogP contribution in [0.5, 0.6) is 5.75 Å². The number of hydrazone groups is 1. The van der Waals surface area contributed by atoms with Crippen molar-refractivity contribution in [3.63, 3.8) is 0 Å². The predicted molar refractivity (Wildman–Crippen MR) is 139 cm³/mol. The van der Waals surface area contributed by atoms with Crippen molar-refractivity contribution in [1.82, 2.24) is 5.43 Å². The van der Waals surface area contributed by atoms with Gasteiger partial charge >= 0.3 is 0 Å². The Labute approximate surface area is 221 Å². The molecule has 1 N–H and O–H groups in total. The van der Waals surface area contributed by atoms with Gasteiger partial charge in [-0.25, -0.2) is 13.8 Å². The summed E-state index contributed by atoms with van der Waals surface area (Å²) in [7, 11) is -3.25. The molecule has 0 aliphatic rings. The molecule has 3 aromatic rings. The summed E-state index contributed by atoms with van der Waals surface area (Å²) in [5.41, 5.74) is 2.25. The third-order valence-electron chi connectivity index (χ3n) is 5.17. The number of methoxy groups -OCH3 is 1. The Hall–Kier alpha value is -4.56. The second-order valence-electron chi connectivity index (χ2n) is 7.68. The summed E-state index contributed by atoms with van der Waals surface area (Å²) in [6.07, 6.45) is 1.21. The maximum Gasteiger partial charge on any atom is 0.273 e. The Balaban J connectivity index is 1.95. The van der Waals surface area contributed by atoms with Crippen molar-refractivity contribution in [3.05, 3.63) is 97.0 Å². The van der Waals surface area contributed by atoms with E-state index in [0.29, 0.717) is 9.87 Å². The third-order valence-corrected chi connectivity index (χ3v) is 7.16. The number of nitro benzene ring substituents is 2. The molecule has 3 aromatic carbocycles. The van der Waals surface area contributed by atoms with Crippen LogP contribution in [-0.2, 0) is 14.8 Å². The van der Waals surface area contributed by atoms with Crippen molar-refractivity contribution in [2.24, 2.45) is 5.10 Å². The number of benzene rings is 3. The Morgan fingerprint density at radius 1 is 1.08 bits per heavy atom. The van der Waals surface area contributed by atoms with Crippen LogP contribution < -0.4 is 14.5 Å². The number of hydrogen-bond acceptors (Lipinski definition) is 9. The number of rotatable bonds is 10. The first kappa shape index (κ1) is 28.0. The Morgan fingerprint density at radius 2 is 1.76 bits per heavy atom. The summed E-state index contributed by atoms with van der Waals surface area (Å²) in [5, 5.41) is 26.1. The SMILES string of the molecule is COc1ccc(Cl)cc1N(CC(=O)N/N=C\c1ccc([N+](=O)[O-])cc1)S(=O)(=O)c1ccc(C)c([N+](=O)[O-])c1. The molecule has 0 fully saturated rings. The van der Waals surface area contributed by atoms with Crippen LogP contribution in [-0.4, -0.2) is 44.0 Å². The van der Waals surface area contributed by atoms with Gasteiger partial charge in [0.2, 0.25) is 0 Å². The number of ether oxygens (including phenoxy) is 1. The quantitative estimate of drug-likeness (QED) is 0.221. The number of nitrogens with zero attached hydrogens (tertiary/aromatic N) is 4. The molecule has 3 rings (SSSR count). The molecular weight excluding hydrogens is 542 g/mol. The zero-order chi connectivity index (χ0) is 28.0. The fourth-order valence-corrected chi connectivity index (χ4v) is 4.87. The number of sulfonamides is 1. The smallest absolute Gasteiger partial charge is 0.273 e. The first-order valence-corrected chi connectivity index (χ1v) is 12.4. The van der Waals surface area contributed by atoms with Gasteiger partial charge in [-0.2, -0.15) is 5.10 Å². The molecule has 13 nitrogen and oxygen atoms in total. The molecule has 38 heavy (non-hydrogen) atoms. The van der Waals surface area contributed by atoms with Crippen LogP contribution in [0.3, 0.4) is 0 Å². The number of non-ortho nitro benzene ring substituents is 1. The van der Waals surface area contributed by atoms with Gasteiger partial charge < -0.3 is 4.74 Å². The molecule has 198 valence electrons. The normalized spacial score (nSPS) is 11.2. The van der Waals surface area contributed by atoms with Crippen molar-refractivity contribution >= 4 is 50.8 Å². The lowest BCUT2D eigenvalue weighted by atomic mass is 10.2. The molecule has 15 heteroatoms. The molecule has 0 aliphatic heterocycles. The minimum Gasteiger partial charge on any atom is -0.495 e. The van der Waals surface area contributed by atoms with Gasteiger partial charge in [0.15, 0.2) is 0 Å². The lowest BCUT2D eigenvalue weighted by Crippen LogP contribution is -2.39. The van der Waals surface area contributed by atoms with Crippen LogP contribution in [0.4, 0.5) is 17.1 Å². The molecule has 1 amide bonds. The van der Waals surface area contributed by atoms with Gasteiger partial charge in [-0.1, -0.05) is 17.7 Å². The minimum absolute atomic E-state index is 0.0711. The number of nitro groups is 2. The molecular formula is C23H20ClN5O8S. The van der Waals surface area contributed by atoms with E-state index in [0.717, 1.165) is 6.07 Å². The van der Waals surface area contributed by atoms with Gasteiger partial charge in [-0.3, -0.25) is 29.3 Å². The van der Waals surface area contributed by atoms with Crippen molar-refractivity contribution in [3.8, 4) is 5.75 Å². The Bertz CT molecular complexity index is 1530. The first-order chi connectivity index (χ1) is 17.9. The van der Waals surface area contributed by atoms with Gasteiger partial charge in [-0.15, -0.1) is 0 Å². The average molecular weight is 562 g/mol. The van der Waals surface area contributed by atoms with Crippen LogP contribution in [0, 0.1) is 27.2 Å². The molecule has 0 unspecified atom stereocenters. The van der Waals surface area contributed by atoms with Crippen LogP contribution in [0.15, 0.2) is 70.7 Å². The third kappa shape index (κ3) is 6.41. The monoisotopic (exact) mass is 561 g/mol. The van der Waals surface area contributed by atoms with Crippen LogP contribution >= 0.6 is 11.6 Å². The van der Waals surface area contributed by atoms with E-state index in [-0.39, 0.29) is 27.7 Å². The zero-order valence-corrected chi connectivity index (χ0v) is 21.5. The molecule has 0 heterocycles. The summed E-state index contributed by atoms with van der Waals surface area (Å²) in [5.74, 6) is -0.794. The fourth-order valence-electron chi connectivity index (χ4n) is 3.26. The van der Waals surface area contributed by atoms with E-state index in [1.807, 2.05) is 0 Å². The van der Waals surface area contributed by atoms with Gasteiger partial charge in [0.05, 0.1) is 33.8 Å². The summed E-state index contributed by atoms with van der Waals surface area (Å²) in [6, 6.07) is 12.8. The first-order valence-electron chi connectivity index (χ1n) is 10.6. The lowest BCUT2D eigenvalue weighted by molar-refractivity contribution is -0.385. The van der Waals surface area contributed by atoms with E-state index in [4.69, 9.17) is 16.3 Å². The number of carbonyl (C=O) groups excluding carboxylic acids is 1. The van der Waals surface area contributed by atoms with Crippen molar-refractivity contribution < 1.29 is 27.8 Å². The topological polar surface area (TPSA) is 174 Å². The number of carbonyl (C=O) groups is 1. The number of nitrogens with one attached hydrogen (secondary N) is 1. The average Bonchev–Trinajstić information content (AvgIpc) is 2.87. The Morgan fingerprint density at radius 3 is 2.37 bits per heavy atom. The second kappa shape index (κ2) is 11.7. The van der Waals surface area contributed by atoms with E-state index in [2.05, 4.69) is 10.5 Å². The number of anilines is 1. The van der Waals surface area contributed by atoms with E-state index in [1.165, 1.54) is 74.8 Å². The summed E-state index contributed by atoms with van der Waals surface area (Å²) in [4.78, 5) is 33.2. The molecule has 0 saturated carbocycles. The summed E-state index contributed by atoms with van der Waals surface area (Å²) in [6.45, 7) is 0.668. The van der Waals surface area contributed by atoms with E-state index < -0.39 is 42.9 Å². The van der Waals surface area contributed by atoms with Crippen LogP contribution in [0.2, 0.25) is 5.02 Å². The maximum absolute atomic E-state index is 13.6. The number of halogens is 1. The highest BCUT2D eigenvalue weighted by atomic mass is 35.5. The summed E-state index contributed by atoms with van der Waals surface area (Å²) < 4.78 is 33.3. The molecule has 0 aromatic heterocycles. The number of hydrogen-bond donors (Lipinski definition) is 1. The molecule has 0 atom stereocenters. The van der Waals surface area contributed by atoms with Crippen LogP contribution in [0.1, 0.15) is 11.1 Å². The second-order valence-corrected chi connectivity index (χ2v) is 9.97. The maximum atomic E-state index is 13.6. The van der Waals surface area contributed by atoms with Crippen molar-refractivity contribution in [2.45, 2.75) is 11.8 Å². The summed E-state index contributed by atoms with van der Waals surface area (Å²) >= 11 is 6.09. The van der Waals surface area contributed by atoms with Crippen molar-refractivity contribution in [1.29, 1.82) is 0 Å². The highest BCUT2D eigenvalue weighted by molar-refractivity contribution is 7.92. The van der Waals surface area contributed by atoms with Gasteiger partial charge in [0.1, 0.15) is 12.3 Å². The molecule has 0 saturated heterocycles. The number of amides is 1. The predicted octanol–water partition coefficient (Wildman–Crippen LogP) is 3.82. The Kier molecular flexibility index (Phi) is 8.60. The molecule has 0 aliphatic carbocycles. The number of aryl methyl sites for hydroxylation is 1. The zero-order valence-electron chi connectivity index (χ0n) is 19.9. The fraction of sp³-hybridized carbons (Fsp3) is 0.130. The van der Waals surface area contributed by atoms with Crippen LogP contribution in [0.25, 0.3) is 0 Å². The minimum atomic E-state index is -4.55. The molecule has 0 spiro atoms. The van der Waals surface area contributed by atoms with Gasteiger partial charge in [-0.05, 0) is 48.9 Å². The van der Waals surface area contributed by atoms with E-state index in [9.17, 15) is 33.4 Å². The van der Waals surface area contributed by atoms with Gasteiger partial charge in [0, 0.05) is 28.8 Å². The molecule has 0 bridgehead atoms. The highest BCUT2D eigenvalue weighted by Gasteiger charge is 2.31. The van der Waals surface area contributed by atoms with Crippen molar-refractivity contribution in [2.75, 3.05) is 18.0 Å².